The zero-order valence-electron chi connectivity index (χ0n) is 16.7. The Bertz CT molecular complexity index is 883. The van der Waals surface area contributed by atoms with E-state index in [-0.39, 0.29) is 25.2 Å². The number of nitrogens with zero attached hydrogens (tertiary/aromatic N) is 2. The van der Waals surface area contributed by atoms with Gasteiger partial charge in [-0.25, -0.2) is 8.78 Å². The van der Waals surface area contributed by atoms with Crippen LogP contribution in [0.25, 0.3) is 0 Å². The van der Waals surface area contributed by atoms with Crippen LogP contribution in [0.15, 0.2) is 41.0 Å². The summed E-state index contributed by atoms with van der Waals surface area (Å²) < 4.78 is 31.0. The maximum Gasteiger partial charge on any atom is 0.133 e. The summed E-state index contributed by atoms with van der Waals surface area (Å²) in [6.07, 6.45) is 2.38. The van der Waals surface area contributed by atoms with E-state index in [1.165, 1.54) is 6.20 Å². The molecular formula is C22H28F2N4O. The van der Waals surface area contributed by atoms with Crippen LogP contribution in [0.2, 0.25) is 0 Å². The molecule has 5 aliphatic rings. The van der Waals surface area contributed by atoms with Crippen LogP contribution in [0, 0.1) is 11.3 Å². The number of rotatable bonds is 2. The van der Waals surface area contributed by atoms with Crippen molar-refractivity contribution in [1.29, 1.82) is 0 Å². The SMILES string of the molecule is CN=C1Nc2ccccc2N(C(O)C23CC4CC(F)(CC(F)(C4)C2)C3)CC1=CN. The quantitative estimate of drug-likeness (QED) is 0.708. The fourth-order valence-electron chi connectivity index (χ4n) is 6.83. The molecule has 0 saturated heterocycles. The number of aliphatic imine (C=N–C) groups is 1. The zero-order chi connectivity index (χ0) is 20.4. The first-order chi connectivity index (χ1) is 13.8. The third kappa shape index (κ3) is 2.85. The summed E-state index contributed by atoms with van der Waals surface area (Å²) in [7, 11) is 1.68. The highest BCUT2D eigenvalue weighted by Crippen LogP contribution is 2.67. The molecule has 4 saturated carbocycles. The molecule has 4 N–H and O–H groups in total. The third-order valence-electron chi connectivity index (χ3n) is 7.35. The van der Waals surface area contributed by atoms with Crippen LogP contribution >= 0.6 is 0 Å². The Morgan fingerprint density at radius 3 is 2.52 bits per heavy atom. The molecule has 0 spiro atoms. The first-order valence-electron chi connectivity index (χ1n) is 10.4. The number of fused-ring (bicyclic) bond motifs is 1. The fourth-order valence-corrected chi connectivity index (χ4v) is 6.83. The summed E-state index contributed by atoms with van der Waals surface area (Å²) in [4.78, 5) is 6.14. The van der Waals surface area contributed by atoms with Crippen LogP contribution in [0.3, 0.4) is 0 Å². The lowest BCUT2D eigenvalue weighted by Crippen LogP contribution is -2.65. The minimum atomic E-state index is -1.51. The molecule has 6 rings (SSSR count). The Morgan fingerprint density at radius 2 is 1.90 bits per heavy atom. The van der Waals surface area contributed by atoms with Crippen LogP contribution in [-0.4, -0.2) is 42.1 Å². The number of anilines is 2. The number of benzene rings is 1. The number of alkyl halides is 2. The Kier molecular flexibility index (Phi) is 4.01. The zero-order valence-corrected chi connectivity index (χ0v) is 16.7. The van der Waals surface area contributed by atoms with E-state index in [1.807, 2.05) is 29.2 Å². The number of para-hydroxylation sites is 2. The lowest BCUT2D eigenvalue weighted by molar-refractivity contribution is -0.205. The molecule has 1 aliphatic heterocycles. The molecule has 5 nitrogen and oxygen atoms in total. The molecule has 4 fully saturated rings. The topological polar surface area (TPSA) is 73.9 Å². The largest absolute Gasteiger partial charge is 0.404 e. The molecule has 4 aliphatic carbocycles. The van der Waals surface area contributed by atoms with Crippen LogP contribution in [0.1, 0.15) is 38.5 Å². The van der Waals surface area contributed by atoms with E-state index in [0.717, 1.165) is 16.9 Å². The van der Waals surface area contributed by atoms with Crippen LogP contribution in [-0.2, 0) is 0 Å². The van der Waals surface area contributed by atoms with Gasteiger partial charge in [0.15, 0.2) is 0 Å². The molecule has 1 aromatic carbocycles. The van der Waals surface area contributed by atoms with E-state index in [2.05, 4.69) is 10.3 Å². The van der Waals surface area contributed by atoms with Crippen molar-refractivity contribution in [1.82, 2.24) is 0 Å². The molecule has 0 amide bonds. The van der Waals surface area contributed by atoms with E-state index in [0.29, 0.717) is 31.6 Å². The second kappa shape index (κ2) is 6.17. The summed E-state index contributed by atoms with van der Waals surface area (Å²) in [5.74, 6) is 0.623. The highest BCUT2D eigenvalue weighted by atomic mass is 19.2. The van der Waals surface area contributed by atoms with E-state index >= 15 is 8.78 Å². The van der Waals surface area contributed by atoms with Gasteiger partial charge in [-0.05, 0) is 50.2 Å². The second-order valence-electron chi connectivity index (χ2n) is 9.58. The smallest absolute Gasteiger partial charge is 0.133 e. The number of nitrogens with two attached hydrogens (primary N) is 1. The summed E-state index contributed by atoms with van der Waals surface area (Å²) >= 11 is 0. The van der Waals surface area contributed by atoms with Gasteiger partial charge < -0.3 is 21.1 Å². The van der Waals surface area contributed by atoms with Gasteiger partial charge in [0.2, 0.25) is 0 Å². The van der Waals surface area contributed by atoms with Gasteiger partial charge in [-0.1, -0.05) is 12.1 Å². The Hall–Kier alpha value is -2.15. The van der Waals surface area contributed by atoms with Crippen molar-refractivity contribution in [2.45, 2.75) is 56.1 Å². The minimum absolute atomic E-state index is 0.00599. The molecule has 3 atom stereocenters. The predicted octanol–water partition coefficient (Wildman–Crippen LogP) is 3.51. The number of aliphatic hydroxyl groups excluding tert-OH is 1. The molecule has 7 heteroatoms. The van der Waals surface area contributed by atoms with Gasteiger partial charge in [0.05, 0.1) is 17.9 Å². The van der Waals surface area contributed by atoms with Crippen molar-refractivity contribution in [3.05, 3.63) is 36.0 Å². The van der Waals surface area contributed by atoms with Crippen LogP contribution in [0.4, 0.5) is 20.2 Å². The van der Waals surface area contributed by atoms with Crippen LogP contribution < -0.4 is 16.0 Å². The number of nitrogens with one attached hydrogen (secondary N) is 1. The molecular weight excluding hydrogens is 374 g/mol. The summed E-state index contributed by atoms with van der Waals surface area (Å²) in [5.41, 5.74) is 4.36. The lowest BCUT2D eigenvalue weighted by atomic mass is 9.46. The van der Waals surface area contributed by atoms with Gasteiger partial charge in [-0.3, -0.25) is 4.99 Å². The Labute approximate surface area is 169 Å². The van der Waals surface area contributed by atoms with Gasteiger partial charge in [0.1, 0.15) is 23.4 Å². The van der Waals surface area contributed by atoms with Crippen molar-refractivity contribution < 1.29 is 13.9 Å². The summed E-state index contributed by atoms with van der Waals surface area (Å²) in [6, 6.07) is 7.62. The van der Waals surface area contributed by atoms with E-state index in [9.17, 15) is 5.11 Å². The molecule has 156 valence electrons. The first-order valence-corrected chi connectivity index (χ1v) is 10.4. The third-order valence-corrected chi connectivity index (χ3v) is 7.35. The van der Waals surface area contributed by atoms with Crippen molar-refractivity contribution in [3.63, 3.8) is 0 Å². The minimum Gasteiger partial charge on any atom is -0.404 e. The van der Waals surface area contributed by atoms with Gasteiger partial charge in [0, 0.05) is 30.7 Å². The first kappa shape index (κ1) is 18.9. The summed E-state index contributed by atoms with van der Waals surface area (Å²) in [6.45, 7) is 0.319. The lowest BCUT2D eigenvalue weighted by Gasteiger charge is -2.63. The van der Waals surface area contributed by atoms with Crippen molar-refractivity contribution in [3.8, 4) is 0 Å². The molecule has 1 aromatic rings. The standard InChI is InChI=1S/C22H28F2N4O/c1-26-18-15(9-25)10-28(17-5-3-2-4-16(17)27-18)19(29)20-6-14-7-21(23,11-20)13-22(24,8-14)12-20/h2-5,9,14,19,29H,6-8,10-13,25H2,1H3,(H,26,27). The average molecular weight is 402 g/mol. The van der Waals surface area contributed by atoms with Crippen molar-refractivity contribution in [2.24, 2.45) is 22.1 Å². The van der Waals surface area contributed by atoms with Gasteiger partial charge in [-0.2, -0.15) is 0 Å². The van der Waals surface area contributed by atoms with E-state index in [4.69, 9.17) is 5.73 Å². The molecule has 3 unspecified atom stereocenters. The summed E-state index contributed by atoms with van der Waals surface area (Å²) in [5, 5.41) is 15.0. The monoisotopic (exact) mass is 402 g/mol. The second-order valence-corrected chi connectivity index (χ2v) is 9.58. The number of amidine groups is 1. The van der Waals surface area contributed by atoms with E-state index in [1.54, 1.807) is 7.05 Å². The fraction of sp³-hybridized carbons (Fsp3) is 0.591. The number of hydrogen-bond donors (Lipinski definition) is 3. The van der Waals surface area contributed by atoms with E-state index < -0.39 is 23.0 Å². The Morgan fingerprint density at radius 1 is 1.21 bits per heavy atom. The maximum absolute atomic E-state index is 15.5. The molecule has 0 radical (unpaired) electrons. The van der Waals surface area contributed by atoms with Crippen molar-refractivity contribution >= 4 is 17.2 Å². The molecule has 1 heterocycles. The van der Waals surface area contributed by atoms with Gasteiger partial charge in [-0.15, -0.1) is 0 Å². The maximum atomic E-state index is 15.5. The van der Waals surface area contributed by atoms with Gasteiger partial charge in [0.25, 0.3) is 0 Å². The number of halogens is 2. The average Bonchev–Trinajstić information content (AvgIpc) is 2.81. The Balaban J connectivity index is 1.58. The molecule has 29 heavy (non-hydrogen) atoms. The molecule has 0 aromatic heterocycles. The number of aliphatic hydroxyl groups is 1. The number of hydrogen-bond acceptors (Lipinski definition) is 4. The van der Waals surface area contributed by atoms with Gasteiger partial charge >= 0.3 is 0 Å². The normalized spacial score (nSPS) is 41.9. The highest BCUT2D eigenvalue weighted by Gasteiger charge is 2.67. The molecule has 4 bridgehead atoms. The van der Waals surface area contributed by atoms with Crippen molar-refractivity contribution in [2.75, 3.05) is 23.8 Å². The van der Waals surface area contributed by atoms with Crippen LogP contribution in [0.5, 0.6) is 0 Å². The predicted molar refractivity (Wildman–Crippen MR) is 110 cm³/mol. The highest BCUT2D eigenvalue weighted by molar-refractivity contribution is 6.11.